The van der Waals surface area contributed by atoms with Crippen molar-refractivity contribution in [2.24, 2.45) is 5.92 Å². The fourth-order valence-electron chi connectivity index (χ4n) is 2.72. The molecule has 1 aliphatic rings. The van der Waals surface area contributed by atoms with Gasteiger partial charge in [-0.3, -0.25) is 4.90 Å². The molecule has 1 aliphatic heterocycles. The number of rotatable bonds is 5. The van der Waals surface area contributed by atoms with E-state index in [1.54, 1.807) is 0 Å². The third-order valence-electron chi connectivity index (χ3n) is 4.18. The van der Waals surface area contributed by atoms with Crippen LogP contribution in [0.1, 0.15) is 33.6 Å². The van der Waals surface area contributed by atoms with Gasteiger partial charge < -0.3 is 20.4 Å². The Morgan fingerprint density at radius 3 is 2.28 bits per heavy atom. The Bertz CT molecular complexity index is 255. The maximum Gasteiger partial charge on any atom is 0.111 e. The number of likely N-dealkylation sites (tertiary alicyclic amines) is 1. The highest BCUT2D eigenvalue weighted by molar-refractivity contribution is 5.01. The minimum Gasteiger partial charge on any atom is -0.395 e. The molecular weight excluding hydrogens is 234 g/mol. The van der Waals surface area contributed by atoms with Crippen molar-refractivity contribution in [3.63, 3.8) is 0 Å². The Kier molecular flexibility index (Phi) is 5.55. The normalized spacial score (nSPS) is 38.3. The molecule has 4 atom stereocenters. The topological polar surface area (TPSA) is 84.2 Å². The smallest absolute Gasteiger partial charge is 0.111 e. The molecule has 5 heteroatoms. The van der Waals surface area contributed by atoms with Crippen LogP contribution in [-0.4, -0.2) is 68.9 Å². The first-order valence-corrected chi connectivity index (χ1v) is 6.80. The van der Waals surface area contributed by atoms with E-state index in [4.69, 9.17) is 0 Å². The number of β-amino-alcohol motifs (C(OH)–C–C–N with tert-alkyl or cyclic N) is 1. The SMILES string of the molecule is CCC(CC)CN1C[C@](C)(O)[C@@H](O)[C@H](O)[C@H]1CO. The summed E-state index contributed by atoms with van der Waals surface area (Å²) in [6.07, 6.45) is -0.293. The van der Waals surface area contributed by atoms with Crippen molar-refractivity contribution in [1.82, 2.24) is 4.90 Å². The summed E-state index contributed by atoms with van der Waals surface area (Å²) in [5.41, 5.74) is -1.34. The number of nitrogens with zero attached hydrogens (tertiary/aromatic N) is 1. The molecular formula is C13H27NO4. The molecule has 1 rings (SSSR count). The van der Waals surface area contributed by atoms with Crippen LogP contribution < -0.4 is 0 Å². The van der Waals surface area contributed by atoms with Crippen LogP contribution in [0.25, 0.3) is 0 Å². The molecule has 1 heterocycles. The van der Waals surface area contributed by atoms with Gasteiger partial charge in [0.25, 0.3) is 0 Å². The molecule has 4 N–H and O–H groups in total. The van der Waals surface area contributed by atoms with Crippen LogP contribution in [0.15, 0.2) is 0 Å². The van der Waals surface area contributed by atoms with Crippen LogP contribution in [0, 0.1) is 5.92 Å². The molecule has 0 amide bonds. The predicted molar refractivity (Wildman–Crippen MR) is 69.2 cm³/mol. The van der Waals surface area contributed by atoms with Gasteiger partial charge in [0.15, 0.2) is 0 Å². The quantitative estimate of drug-likeness (QED) is 0.540. The fourth-order valence-corrected chi connectivity index (χ4v) is 2.72. The Hall–Kier alpha value is -0.200. The summed E-state index contributed by atoms with van der Waals surface area (Å²) in [4.78, 5) is 1.90. The second-order valence-electron chi connectivity index (χ2n) is 5.65. The monoisotopic (exact) mass is 261 g/mol. The van der Waals surface area contributed by atoms with Gasteiger partial charge in [0.05, 0.1) is 12.6 Å². The highest BCUT2D eigenvalue weighted by Gasteiger charge is 2.47. The van der Waals surface area contributed by atoms with Gasteiger partial charge in [0.2, 0.25) is 0 Å². The summed E-state index contributed by atoms with van der Waals surface area (Å²) in [6.45, 7) is 6.51. The van der Waals surface area contributed by atoms with E-state index in [9.17, 15) is 20.4 Å². The van der Waals surface area contributed by atoms with Crippen molar-refractivity contribution in [1.29, 1.82) is 0 Å². The summed E-state index contributed by atoms with van der Waals surface area (Å²) in [6, 6.07) is -0.499. The summed E-state index contributed by atoms with van der Waals surface area (Å²) in [5, 5.41) is 39.3. The molecule has 0 aliphatic carbocycles. The molecule has 0 aromatic heterocycles. The molecule has 18 heavy (non-hydrogen) atoms. The molecule has 0 spiro atoms. The van der Waals surface area contributed by atoms with Gasteiger partial charge in [-0.2, -0.15) is 0 Å². The van der Waals surface area contributed by atoms with E-state index in [0.29, 0.717) is 5.92 Å². The van der Waals surface area contributed by atoms with Crippen molar-refractivity contribution in [2.75, 3.05) is 19.7 Å². The fraction of sp³-hybridized carbons (Fsp3) is 1.00. The molecule has 5 nitrogen and oxygen atoms in total. The van der Waals surface area contributed by atoms with Crippen molar-refractivity contribution in [3.05, 3.63) is 0 Å². The first-order chi connectivity index (χ1) is 8.37. The zero-order chi connectivity index (χ0) is 13.9. The predicted octanol–water partition coefficient (Wildman–Crippen LogP) is -0.428. The van der Waals surface area contributed by atoms with E-state index in [-0.39, 0.29) is 13.2 Å². The van der Waals surface area contributed by atoms with E-state index in [2.05, 4.69) is 13.8 Å². The van der Waals surface area contributed by atoms with E-state index in [0.717, 1.165) is 19.4 Å². The number of aliphatic hydroxyl groups excluding tert-OH is 3. The number of hydrogen-bond acceptors (Lipinski definition) is 5. The highest BCUT2D eigenvalue weighted by atomic mass is 16.4. The van der Waals surface area contributed by atoms with Crippen molar-refractivity contribution in [2.45, 2.75) is 57.5 Å². The van der Waals surface area contributed by atoms with Crippen LogP contribution in [0.5, 0.6) is 0 Å². The molecule has 0 aromatic carbocycles. The lowest BCUT2D eigenvalue weighted by Crippen LogP contribution is -2.67. The lowest BCUT2D eigenvalue weighted by atomic mass is 9.84. The standard InChI is InChI=1S/C13H27NO4/c1-4-9(5-2)6-14-8-13(3,18)12(17)11(16)10(14)7-15/h9-12,15-18H,4-8H2,1-3H3/t10-,11-,12+,13+/m1/s1. The van der Waals surface area contributed by atoms with Crippen molar-refractivity contribution < 1.29 is 20.4 Å². The first kappa shape index (κ1) is 15.9. The molecule has 0 radical (unpaired) electrons. The summed E-state index contributed by atoms with van der Waals surface area (Å²) < 4.78 is 0. The average molecular weight is 261 g/mol. The maximum atomic E-state index is 10.1. The molecule has 0 unspecified atom stereocenters. The largest absolute Gasteiger partial charge is 0.395 e. The zero-order valence-electron chi connectivity index (χ0n) is 11.6. The molecule has 108 valence electrons. The maximum absolute atomic E-state index is 10.1. The Balaban J connectivity index is 2.81. The van der Waals surface area contributed by atoms with E-state index in [1.165, 1.54) is 6.92 Å². The lowest BCUT2D eigenvalue weighted by molar-refractivity contribution is -0.190. The van der Waals surface area contributed by atoms with E-state index >= 15 is 0 Å². The van der Waals surface area contributed by atoms with Gasteiger partial charge in [-0.25, -0.2) is 0 Å². The first-order valence-electron chi connectivity index (χ1n) is 6.80. The van der Waals surface area contributed by atoms with Crippen LogP contribution in [-0.2, 0) is 0 Å². The van der Waals surface area contributed by atoms with Crippen LogP contribution in [0.4, 0.5) is 0 Å². The van der Waals surface area contributed by atoms with Gasteiger partial charge in [0.1, 0.15) is 17.8 Å². The molecule has 0 aromatic rings. The van der Waals surface area contributed by atoms with Gasteiger partial charge in [-0.05, 0) is 12.8 Å². The second kappa shape index (κ2) is 6.30. The summed E-state index contributed by atoms with van der Waals surface area (Å²) in [7, 11) is 0. The Morgan fingerprint density at radius 2 is 1.83 bits per heavy atom. The van der Waals surface area contributed by atoms with Gasteiger partial charge in [-0.1, -0.05) is 26.7 Å². The van der Waals surface area contributed by atoms with E-state index in [1.807, 2.05) is 4.90 Å². The van der Waals surface area contributed by atoms with Gasteiger partial charge in [-0.15, -0.1) is 0 Å². The van der Waals surface area contributed by atoms with Crippen molar-refractivity contribution in [3.8, 4) is 0 Å². The number of aliphatic hydroxyl groups is 4. The molecule has 1 saturated heterocycles. The average Bonchev–Trinajstić information content (AvgIpc) is 2.33. The zero-order valence-corrected chi connectivity index (χ0v) is 11.6. The Morgan fingerprint density at radius 1 is 1.28 bits per heavy atom. The van der Waals surface area contributed by atoms with Crippen molar-refractivity contribution >= 4 is 0 Å². The number of hydrogen-bond donors (Lipinski definition) is 4. The van der Waals surface area contributed by atoms with Gasteiger partial charge in [0, 0.05) is 13.1 Å². The molecule has 1 fully saturated rings. The third-order valence-corrected chi connectivity index (χ3v) is 4.18. The minimum absolute atomic E-state index is 0.214. The second-order valence-corrected chi connectivity index (χ2v) is 5.65. The lowest BCUT2D eigenvalue weighted by Gasteiger charge is -2.48. The summed E-state index contributed by atoms with van der Waals surface area (Å²) in [5.74, 6) is 0.470. The molecule has 0 saturated carbocycles. The van der Waals surface area contributed by atoms with Crippen LogP contribution in [0.3, 0.4) is 0 Å². The third kappa shape index (κ3) is 3.22. The van der Waals surface area contributed by atoms with Gasteiger partial charge >= 0.3 is 0 Å². The van der Waals surface area contributed by atoms with E-state index < -0.39 is 23.9 Å². The highest BCUT2D eigenvalue weighted by Crippen LogP contribution is 2.27. The van der Waals surface area contributed by atoms with Crippen LogP contribution in [0.2, 0.25) is 0 Å². The Labute approximate surface area is 109 Å². The minimum atomic E-state index is -1.34. The molecule has 0 bridgehead atoms. The number of piperidine rings is 1. The van der Waals surface area contributed by atoms with Crippen LogP contribution >= 0.6 is 0 Å². The summed E-state index contributed by atoms with van der Waals surface area (Å²) >= 11 is 0.